The topological polar surface area (TPSA) is 38.7 Å². The minimum Gasteiger partial charge on any atom is -0.397 e. The van der Waals surface area contributed by atoms with Crippen LogP contribution in [0.2, 0.25) is 0 Å². The average Bonchev–Trinajstić information content (AvgIpc) is 2.50. The fourth-order valence-corrected chi connectivity index (χ4v) is 1.97. The molecule has 0 aromatic heterocycles. The summed E-state index contributed by atoms with van der Waals surface area (Å²) in [7, 11) is 0. The van der Waals surface area contributed by atoms with Crippen LogP contribution >= 0.6 is 0 Å². The van der Waals surface area contributed by atoms with E-state index < -0.39 is 0 Å². The number of para-hydroxylation sites is 1. The van der Waals surface area contributed by atoms with E-state index in [0.717, 1.165) is 12.2 Å². The van der Waals surface area contributed by atoms with E-state index in [9.17, 15) is 0 Å². The van der Waals surface area contributed by atoms with E-state index in [0.29, 0.717) is 0 Å². The molecule has 0 heterocycles. The molecule has 21 heavy (non-hydrogen) atoms. The lowest BCUT2D eigenvalue weighted by molar-refractivity contribution is -0.149. The van der Waals surface area contributed by atoms with Crippen molar-refractivity contribution in [2.24, 2.45) is 0 Å². The highest BCUT2D eigenvalue weighted by atomic mass is 17.2. The SMILES string of the molecule is C=COOc1ccccc1CCCCCCCC.CCO. The average molecular weight is 294 g/mol. The second-order valence-corrected chi connectivity index (χ2v) is 4.79. The Hall–Kier alpha value is -1.48. The Morgan fingerprint density at radius 3 is 2.33 bits per heavy atom. The third-order valence-corrected chi connectivity index (χ3v) is 2.98. The molecular weight excluding hydrogens is 264 g/mol. The summed E-state index contributed by atoms with van der Waals surface area (Å²) in [4.78, 5) is 9.95. The van der Waals surface area contributed by atoms with Crippen molar-refractivity contribution in [1.82, 2.24) is 0 Å². The maximum Gasteiger partial charge on any atom is 0.181 e. The molecule has 0 bridgehead atoms. The molecule has 120 valence electrons. The van der Waals surface area contributed by atoms with Crippen LogP contribution in [0.1, 0.15) is 57.9 Å². The van der Waals surface area contributed by atoms with E-state index in [-0.39, 0.29) is 6.61 Å². The fraction of sp³-hybridized carbons (Fsp3) is 0.556. The van der Waals surface area contributed by atoms with Crippen molar-refractivity contribution in [2.75, 3.05) is 6.61 Å². The molecule has 0 aliphatic heterocycles. The summed E-state index contributed by atoms with van der Waals surface area (Å²) >= 11 is 0. The third-order valence-electron chi connectivity index (χ3n) is 2.98. The summed E-state index contributed by atoms with van der Waals surface area (Å²) in [6.07, 6.45) is 10.2. The molecule has 3 heteroatoms. The molecule has 1 aromatic carbocycles. The fourth-order valence-electron chi connectivity index (χ4n) is 1.97. The Labute approximate surface area is 129 Å². The Morgan fingerprint density at radius 1 is 1.05 bits per heavy atom. The first-order valence-corrected chi connectivity index (χ1v) is 7.93. The first-order chi connectivity index (χ1) is 10.3. The van der Waals surface area contributed by atoms with Gasteiger partial charge in [0.25, 0.3) is 0 Å². The van der Waals surface area contributed by atoms with Gasteiger partial charge in [-0.1, -0.05) is 63.8 Å². The molecule has 0 aliphatic carbocycles. The quantitative estimate of drug-likeness (QED) is 0.284. The maximum atomic E-state index is 7.57. The number of rotatable bonds is 10. The molecule has 0 radical (unpaired) electrons. The van der Waals surface area contributed by atoms with Crippen LogP contribution in [0.4, 0.5) is 0 Å². The van der Waals surface area contributed by atoms with Crippen molar-refractivity contribution >= 4 is 0 Å². The van der Waals surface area contributed by atoms with Crippen LogP contribution in [0.25, 0.3) is 0 Å². The Kier molecular flexibility index (Phi) is 13.9. The minimum atomic E-state index is 0.250. The highest BCUT2D eigenvalue weighted by molar-refractivity contribution is 5.32. The van der Waals surface area contributed by atoms with Gasteiger partial charge in [-0.15, -0.1) is 0 Å². The Bertz CT molecular complexity index is 350. The molecule has 0 saturated carbocycles. The van der Waals surface area contributed by atoms with Crippen molar-refractivity contribution < 1.29 is 14.9 Å². The van der Waals surface area contributed by atoms with Crippen LogP contribution in [-0.2, 0) is 11.3 Å². The van der Waals surface area contributed by atoms with Crippen molar-refractivity contribution in [3.63, 3.8) is 0 Å². The Morgan fingerprint density at radius 2 is 1.67 bits per heavy atom. The van der Waals surface area contributed by atoms with Gasteiger partial charge in [0.1, 0.15) is 6.26 Å². The predicted octanol–water partition coefficient (Wildman–Crippen LogP) is 5.04. The molecule has 1 aromatic rings. The number of hydrogen-bond donors (Lipinski definition) is 1. The van der Waals surface area contributed by atoms with Crippen molar-refractivity contribution in [3.8, 4) is 5.75 Å². The highest BCUT2D eigenvalue weighted by Gasteiger charge is 2.03. The van der Waals surface area contributed by atoms with E-state index >= 15 is 0 Å². The summed E-state index contributed by atoms with van der Waals surface area (Å²) in [6.45, 7) is 7.64. The van der Waals surface area contributed by atoms with Crippen LogP contribution in [0.3, 0.4) is 0 Å². The van der Waals surface area contributed by atoms with Gasteiger partial charge in [0, 0.05) is 6.61 Å². The molecule has 3 nitrogen and oxygen atoms in total. The number of benzene rings is 1. The largest absolute Gasteiger partial charge is 0.397 e. The van der Waals surface area contributed by atoms with E-state index in [4.69, 9.17) is 14.9 Å². The van der Waals surface area contributed by atoms with E-state index in [2.05, 4.69) is 19.6 Å². The lowest BCUT2D eigenvalue weighted by atomic mass is 10.0. The first-order valence-electron chi connectivity index (χ1n) is 7.93. The molecule has 0 unspecified atom stereocenters. The molecule has 0 atom stereocenters. The molecule has 1 rings (SSSR count). The lowest BCUT2D eigenvalue weighted by Crippen LogP contribution is -1.95. The Balaban J connectivity index is 0.00000122. The second-order valence-electron chi connectivity index (χ2n) is 4.79. The van der Waals surface area contributed by atoms with Gasteiger partial charge in [-0.25, -0.2) is 0 Å². The van der Waals surface area contributed by atoms with E-state index in [1.807, 2.05) is 18.2 Å². The first kappa shape index (κ1) is 19.5. The minimum absolute atomic E-state index is 0.250. The summed E-state index contributed by atoms with van der Waals surface area (Å²) in [5, 5.41) is 7.57. The highest BCUT2D eigenvalue weighted by Crippen LogP contribution is 2.21. The van der Waals surface area contributed by atoms with Crippen molar-refractivity contribution in [3.05, 3.63) is 42.7 Å². The summed E-state index contributed by atoms with van der Waals surface area (Å²) in [5.74, 6) is 0.797. The zero-order valence-electron chi connectivity index (χ0n) is 13.5. The van der Waals surface area contributed by atoms with Gasteiger partial charge < -0.3 is 5.11 Å². The molecule has 0 aliphatic rings. The van der Waals surface area contributed by atoms with Gasteiger partial charge in [0.05, 0.1) is 0 Å². The molecular formula is C18H30O3. The van der Waals surface area contributed by atoms with Gasteiger partial charge in [0.2, 0.25) is 0 Å². The van der Waals surface area contributed by atoms with Crippen molar-refractivity contribution in [2.45, 2.75) is 58.8 Å². The summed E-state index contributed by atoms with van der Waals surface area (Å²) < 4.78 is 0. The van der Waals surface area contributed by atoms with Crippen LogP contribution in [0, 0.1) is 0 Å². The van der Waals surface area contributed by atoms with Crippen LogP contribution in [0.15, 0.2) is 37.1 Å². The molecule has 0 saturated heterocycles. The number of hydrogen-bond acceptors (Lipinski definition) is 3. The number of aliphatic hydroxyl groups is 1. The molecule has 0 amide bonds. The molecule has 1 N–H and O–H groups in total. The van der Waals surface area contributed by atoms with Crippen LogP contribution in [-0.4, -0.2) is 11.7 Å². The molecule has 0 spiro atoms. The zero-order valence-corrected chi connectivity index (χ0v) is 13.5. The van der Waals surface area contributed by atoms with Gasteiger partial charge in [-0.05, 0) is 31.4 Å². The smallest absolute Gasteiger partial charge is 0.181 e. The third kappa shape index (κ3) is 10.9. The second kappa shape index (κ2) is 14.9. The van der Waals surface area contributed by atoms with Gasteiger partial charge in [-0.2, -0.15) is 0 Å². The van der Waals surface area contributed by atoms with Gasteiger partial charge in [0.15, 0.2) is 5.75 Å². The standard InChI is InChI=1S/C16H24O2.C2H6O/c1-3-5-6-7-8-9-12-15-13-10-11-14-16(15)18-17-4-2;1-2-3/h4,10-11,13-14H,2-3,5-9,12H2,1H3;3H,2H2,1H3. The van der Waals surface area contributed by atoms with E-state index in [1.165, 1.54) is 50.4 Å². The van der Waals surface area contributed by atoms with E-state index in [1.54, 1.807) is 6.92 Å². The van der Waals surface area contributed by atoms with Crippen LogP contribution in [0.5, 0.6) is 5.75 Å². The zero-order chi connectivity index (χ0) is 15.8. The maximum absolute atomic E-state index is 7.57. The number of unbranched alkanes of at least 4 members (excludes halogenated alkanes) is 5. The van der Waals surface area contributed by atoms with Gasteiger partial charge >= 0.3 is 0 Å². The van der Waals surface area contributed by atoms with Crippen LogP contribution < -0.4 is 4.89 Å². The van der Waals surface area contributed by atoms with Gasteiger partial charge in [-0.3, -0.25) is 9.78 Å². The number of aliphatic hydroxyl groups excluding tert-OH is 1. The lowest BCUT2D eigenvalue weighted by Gasteiger charge is -2.08. The monoisotopic (exact) mass is 294 g/mol. The summed E-state index contributed by atoms with van der Waals surface area (Å²) in [6, 6.07) is 8.00. The number of aryl methyl sites for hydroxylation is 1. The normalized spacial score (nSPS) is 9.48. The summed E-state index contributed by atoms with van der Waals surface area (Å²) in [5.41, 5.74) is 1.20. The molecule has 0 fully saturated rings. The predicted molar refractivity (Wildman–Crippen MR) is 88.2 cm³/mol. The van der Waals surface area contributed by atoms with Crippen molar-refractivity contribution in [1.29, 1.82) is 0 Å².